The smallest absolute Gasteiger partial charge is 0.289 e. The molecule has 0 unspecified atom stereocenters. The summed E-state index contributed by atoms with van der Waals surface area (Å²) >= 11 is 0. The number of rotatable bonds is 3. The van der Waals surface area contributed by atoms with Gasteiger partial charge in [-0.25, -0.2) is 0 Å². The number of carbonyl (C=O) groups excluding carboxylic acids is 1. The number of piperidine rings is 1. The zero-order valence-electron chi connectivity index (χ0n) is 15.0. The van der Waals surface area contributed by atoms with Gasteiger partial charge in [0.15, 0.2) is 11.6 Å². The summed E-state index contributed by atoms with van der Waals surface area (Å²) in [6, 6.07) is 3.44. The van der Waals surface area contributed by atoms with Gasteiger partial charge >= 0.3 is 0 Å². The number of carbonyl (C=O) groups is 1. The lowest BCUT2D eigenvalue weighted by Gasteiger charge is -2.35. The molecule has 2 aliphatic rings. The summed E-state index contributed by atoms with van der Waals surface area (Å²) < 4.78 is 5.21. The molecule has 2 fully saturated rings. The van der Waals surface area contributed by atoms with E-state index in [4.69, 9.17) is 9.40 Å². The Labute approximate surface area is 152 Å². The van der Waals surface area contributed by atoms with Crippen molar-refractivity contribution in [2.45, 2.75) is 19.8 Å². The number of hydrogen-bond donors (Lipinski definition) is 0. The van der Waals surface area contributed by atoms with Crippen molar-refractivity contribution in [1.29, 1.82) is 0 Å². The number of nitrogens with zero attached hydrogens (tertiary/aromatic N) is 6. The van der Waals surface area contributed by atoms with Gasteiger partial charge in [0, 0.05) is 39.3 Å². The Morgan fingerprint density at radius 2 is 1.88 bits per heavy atom. The van der Waals surface area contributed by atoms with Crippen LogP contribution in [0, 0.1) is 5.92 Å². The lowest BCUT2D eigenvalue weighted by Crippen LogP contribution is -2.49. The van der Waals surface area contributed by atoms with Crippen LogP contribution in [0.3, 0.4) is 0 Å². The minimum Gasteiger partial charge on any atom is -0.459 e. The van der Waals surface area contributed by atoms with Crippen LogP contribution < -0.4 is 9.80 Å². The lowest BCUT2D eigenvalue weighted by molar-refractivity contribution is 0.0714. The summed E-state index contributed by atoms with van der Waals surface area (Å²) in [5, 5.41) is 8.38. The fourth-order valence-corrected chi connectivity index (χ4v) is 3.48. The number of amides is 1. The van der Waals surface area contributed by atoms with Gasteiger partial charge in [-0.15, -0.1) is 5.10 Å². The predicted octanol–water partition coefficient (Wildman–Crippen LogP) is 1.66. The molecule has 0 aliphatic carbocycles. The van der Waals surface area contributed by atoms with Crippen LogP contribution in [0.5, 0.6) is 0 Å². The van der Waals surface area contributed by atoms with Crippen LogP contribution in [0.25, 0.3) is 0 Å². The van der Waals surface area contributed by atoms with Crippen molar-refractivity contribution in [2.24, 2.45) is 5.92 Å². The minimum absolute atomic E-state index is 0.0569. The topological polar surface area (TPSA) is 78.6 Å². The zero-order chi connectivity index (χ0) is 17.9. The van der Waals surface area contributed by atoms with Crippen molar-refractivity contribution in [1.82, 2.24) is 20.1 Å². The highest BCUT2D eigenvalue weighted by Gasteiger charge is 2.25. The summed E-state index contributed by atoms with van der Waals surface area (Å²) in [4.78, 5) is 23.3. The van der Waals surface area contributed by atoms with Crippen LogP contribution in [0.2, 0.25) is 0 Å². The maximum atomic E-state index is 12.4. The number of hydrogen-bond acceptors (Lipinski definition) is 7. The fourth-order valence-electron chi connectivity index (χ4n) is 3.48. The Balaban J connectivity index is 1.38. The molecule has 0 N–H and O–H groups in total. The first-order valence-electron chi connectivity index (χ1n) is 9.23. The van der Waals surface area contributed by atoms with E-state index < -0.39 is 0 Å². The largest absolute Gasteiger partial charge is 0.459 e. The second kappa shape index (κ2) is 7.31. The normalized spacial score (nSPS) is 19.0. The maximum Gasteiger partial charge on any atom is 0.289 e. The van der Waals surface area contributed by atoms with E-state index in [2.05, 4.69) is 26.9 Å². The Kier molecular flexibility index (Phi) is 4.73. The summed E-state index contributed by atoms with van der Waals surface area (Å²) in [6.07, 6.45) is 5.57. The summed E-state index contributed by atoms with van der Waals surface area (Å²) in [6.45, 7) is 6.98. The van der Waals surface area contributed by atoms with E-state index in [0.29, 0.717) is 24.8 Å². The van der Waals surface area contributed by atoms with Crippen molar-refractivity contribution in [3.63, 3.8) is 0 Å². The molecule has 8 nitrogen and oxygen atoms in total. The van der Waals surface area contributed by atoms with E-state index >= 15 is 0 Å². The van der Waals surface area contributed by atoms with Gasteiger partial charge in [-0.05, 0) is 30.9 Å². The number of aromatic nitrogens is 3. The second-order valence-electron chi connectivity index (χ2n) is 7.04. The average Bonchev–Trinajstić information content (AvgIpc) is 3.23. The average molecular weight is 356 g/mol. The van der Waals surface area contributed by atoms with E-state index in [1.54, 1.807) is 18.3 Å². The molecule has 2 saturated heterocycles. The van der Waals surface area contributed by atoms with Crippen molar-refractivity contribution in [2.75, 3.05) is 49.1 Å². The molecule has 1 amide bonds. The van der Waals surface area contributed by atoms with Crippen LogP contribution in [0.1, 0.15) is 30.3 Å². The van der Waals surface area contributed by atoms with Crippen LogP contribution >= 0.6 is 0 Å². The van der Waals surface area contributed by atoms with Crippen molar-refractivity contribution in [3.8, 4) is 0 Å². The monoisotopic (exact) mass is 356 g/mol. The van der Waals surface area contributed by atoms with E-state index in [9.17, 15) is 4.79 Å². The number of piperazine rings is 1. The maximum absolute atomic E-state index is 12.4. The third kappa shape index (κ3) is 3.49. The molecule has 0 bridgehead atoms. The standard InChI is InChI=1S/C18H24N6O2/c1-14-4-6-24(7-5-14)18-20-16(13-19-21-18)22-8-10-23(11-9-22)17(25)15-3-2-12-26-15/h2-3,12-14H,4-11H2,1H3. The van der Waals surface area contributed by atoms with Gasteiger partial charge in [0.05, 0.1) is 12.5 Å². The highest BCUT2D eigenvalue weighted by atomic mass is 16.3. The Hall–Kier alpha value is -2.64. The Morgan fingerprint density at radius 3 is 2.58 bits per heavy atom. The van der Waals surface area contributed by atoms with Gasteiger partial charge in [0.1, 0.15) is 0 Å². The molecule has 4 rings (SSSR count). The van der Waals surface area contributed by atoms with Gasteiger partial charge in [-0.1, -0.05) is 6.92 Å². The van der Waals surface area contributed by atoms with Crippen LogP contribution in [0.4, 0.5) is 11.8 Å². The SMILES string of the molecule is CC1CCN(c2nncc(N3CCN(C(=O)c4ccco4)CC3)n2)CC1. The Bertz CT molecular complexity index is 734. The highest BCUT2D eigenvalue weighted by Crippen LogP contribution is 2.22. The minimum atomic E-state index is -0.0569. The molecule has 26 heavy (non-hydrogen) atoms. The van der Waals surface area contributed by atoms with Gasteiger partial charge in [-0.3, -0.25) is 4.79 Å². The summed E-state index contributed by atoms with van der Waals surface area (Å²) in [5.74, 6) is 2.65. The predicted molar refractivity (Wildman–Crippen MR) is 97.3 cm³/mol. The molecule has 4 heterocycles. The first-order chi connectivity index (χ1) is 12.7. The molecule has 2 aromatic heterocycles. The van der Waals surface area contributed by atoms with Gasteiger partial charge in [0.25, 0.3) is 5.91 Å². The third-order valence-corrected chi connectivity index (χ3v) is 5.22. The van der Waals surface area contributed by atoms with Gasteiger partial charge in [0.2, 0.25) is 5.95 Å². The van der Waals surface area contributed by atoms with Crippen LogP contribution in [-0.2, 0) is 0 Å². The quantitative estimate of drug-likeness (QED) is 0.827. The van der Waals surface area contributed by atoms with E-state index in [1.807, 2.05) is 4.90 Å². The van der Waals surface area contributed by atoms with Crippen LogP contribution in [0.15, 0.2) is 29.0 Å². The number of furan rings is 1. The van der Waals surface area contributed by atoms with E-state index in [-0.39, 0.29) is 5.91 Å². The van der Waals surface area contributed by atoms with E-state index in [0.717, 1.165) is 37.9 Å². The van der Waals surface area contributed by atoms with Crippen LogP contribution in [-0.4, -0.2) is 65.3 Å². The number of anilines is 2. The van der Waals surface area contributed by atoms with Gasteiger partial charge in [-0.2, -0.15) is 10.1 Å². The molecule has 0 atom stereocenters. The molecule has 138 valence electrons. The third-order valence-electron chi connectivity index (χ3n) is 5.22. The first-order valence-corrected chi connectivity index (χ1v) is 9.23. The fraction of sp³-hybridized carbons (Fsp3) is 0.556. The van der Waals surface area contributed by atoms with Crippen molar-refractivity contribution in [3.05, 3.63) is 30.4 Å². The van der Waals surface area contributed by atoms with E-state index in [1.165, 1.54) is 19.1 Å². The zero-order valence-corrected chi connectivity index (χ0v) is 15.0. The van der Waals surface area contributed by atoms with Crippen molar-refractivity contribution >= 4 is 17.7 Å². The first kappa shape index (κ1) is 16.8. The molecule has 0 aromatic carbocycles. The molecular formula is C18H24N6O2. The lowest BCUT2D eigenvalue weighted by atomic mass is 10.00. The molecule has 0 radical (unpaired) electrons. The molecule has 2 aliphatic heterocycles. The molecule has 8 heteroatoms. The van der Waals surface area contributed by atoms with Gasteiger partial charge < -0.3 is 19.1 Å². The molecule has 0 spiro atoms. The Morgan fingerprint density at radius 1 is 1.12 bits per heavy atom. The second-order valence-corrected chi connectivity index (χ2v) is 7.04. The molecule has 2 aromatic rings. The van der Waals surface area contributed by atoms with Crippen molar-refractivity contribution < 1.29 is 9.21 Å². The summed E-state index contributed by atoms with van der Waals surface area (Å²) in [5.41, 5.74) is 0. The molecule has 0 saturated carbocycles. The highest BCUT2D eigenvalue weighted by molar-refractivity contribution is 5.91. The summed E-state index contributed by atoms with van der Waals surface area (Å²) in [7, 11) is 0. The molecular weight excluding hydrogens is 332 g/mol.